The van der Waals surface area contributed by atoms with Crippen molar-refractivity contribution in [2.24, 2.45) is 0 Å². The van der Waals surface area contributed by atoms with E-state index in [1.807, 2.05) is 18.2 Å². The molecule has 0 bridgehead atoms. The van der Waals surface area contributed by atoms with E-state index in [0.29, 0.717) is 0 Å². The van der Waals surface area contributed by atoms with Gasteiger partial charge in [-0.2, -0.15) is 0 Å². The summed E-state index contributed by atoms with van der Waals surface area (Å²) in [6, 6.07) is 27.9. The molecule has 0 radical (unpaired) electrons. The lowest BCUT2D eigenvalue weighted by molar-refractivity contribution is 0.746. The van der Waals surface area contributed by atoms with Gasteiger partial charge in [-0.3, -0.25) is 4.57 Å². The molecule has 152 valence electrons. The van der Waals surface area contributed by atoms with Gasteiger partial charge >= 0.3 is 0 Å². The SMILES string of the molecule is CCCCc1ccc(-c2ccc(-n3c(-c4ccccc4)nnc3C(C)C)cc2)cc1. The zero-order valence-electron chi connectivity index (χ0n) is 18.0. The van der Waals surface area contributed by atoms with E-state index in [1.165, 1.54) is 29.5 Å². The van der Waals surface area contributed by atoms with Crippen LogP contribution in [0.5, 0.6) is 0 Å². The largest absolute Gasteiger partial charge is 0.279 e. The summed E-state index contributed by atoms with van der Waals surface area (Å²) in [5.41, 5.74) is 6.05. The number of nitrogens with zero attached hydrogens (tertiary/aromatic N) is 3. The van der Waals surface area contributed by atoms with Crippen LogP contribution in [-0.2, 0) is 6.42 Å². The van der Waals surface area contributed by atoms with E-state index >= 15 is 0 Å². The molecule has 4 rings (SSSR count). The van der Waals surface area contributed by atoms with Gasteiger partial charge in [0.25, 0.3) is 0 Å². The van der Waals surface area contributed by atoms with Crippen LogP contribution in [0.2, 0.25) is 0 Å². The maximum atomic E-state index is 4.51. The number of hydrogen-bond donors (Lipinski definition) is 0. The number of rotatable bonds is 7. The molecule has 3 aromatic carbocycles. The highest BCUT2D eigenvalue weighted by Crippen LogP contribution is 2.28. The first-order valence-electron chi connectivity index (χ1n) is 10.9. The number of hydrogen-bond acceptors (Lipinski definition) is 2. The van der Waals surface area contributed by atoms with Crippen molar-refractivity contribution >= 4 is 0 Å². The van der Waals surface area contributed by atoms with Crippen molar-refractivity contribution < 1.29 is 0 Å². The summed E-state index contributed by atoms with van der Waals surface area (Å²) < 4.78 is 2.18. The molecule has 0 spiro atoms. The molecule has 4 aromatic rings. The average molecular weight is 396 g/mol. The fourth-order valence-corrected chi connectivity index (χ4v) is 3.75. The Kier molecular flexibility index (Phi) is 6.08. The maximum absolute atomic E-state index is 4.51. The highest BCUT2D eigenvalue weighted by atomic mass is 15.3. The highest BCUT2D eigenvalue weighted by Gasteiger charge is 2.17. The van der Waals surface area contributed by atoms with Gasteiger partial charge in [-0.15, -0.1) is 10.2 Å². The Hall–Kier alpha value is -3.20. The van der Waals surface area contributed by atoms with Crippen LogP contribution < -0.4 is 0 Å². The molecule has 3 heteroatoms. The molecule has 30 heavy (non-hydrogen) atoms. The molecular weight excluding hydrogens is 366 g/mol. The third-order valence-electron chi connectivity index (χ3n) is 5.47. The molecule has 3 nitrogen and oxygen atoms in total. The lowest BCUT2D eigenvalue weighted by Crippen LogP contribution is -2.04. The normalized spacial score (nSPS) is 11.2. The van der Waals surface area contributed by atoms with Crippen LogP contribution in [0.4, 0.5) is 0 Å². The van der Waals surface area contributed by atoms with Crippen LogP contribution in [0.1, 0.15) is 50.9 Å². The van der Waals surface area contributed by atoms with Crippen molar-refractivity contribution in [2.75, 3.05) is 0 Å². The number of aryl methyl sites for hydroxylation is 1. The first kappa shape index (κ1) is 20.1. The van der Waals surface area contributed by atoms with Crippen molar-refractivity contribution in [2.45, 2.75) is 46.0 Å². The van der Waals surface area contributed by atoms with Crippen LogP contribution in [-0.4, -0.2) is 14.8 Å². The van der Waals surface area contributed by atoms with Gasteiger partial charge in [0.15, 0.2) is 5.82 Å². The van der Waals surface area contributed by atoms with Gasteiger partial charge in [0.1, 0.15) is 5.82 Å². The summed E-state index contributed by atoms with van der Waals surface area (Å²) in [7, 11) is 0. The van der Waals surface area contributed by atoms with E-state index < -0.39 is 0 Å². The molecule has 0 aliphatic rings. The monoisotopic (exact) mass is 395 g/mol. The molecule has 0 fully saturated rings. The average Bonchev–Trinajstić information content (AvgIpc) is 3.24. The first-order valence-corrected chi connectivity index (χ1v) is 10.9. The molecule has 0 N–H and O–H groups in total. The Morgan fingerprint density at radius 3 is 1.97 bits per heavy atom. The van der Waals surface area contributed by atoms with E-state index in [4.69, 9.17) is 0 Å². The van der Waals surface area contributed by atoms with Crippen molar-refractivity contribution in [3.63, 3.8) is 0 Å². The molecule has 1 heterocycles. The van der Waals surface area contributed by atoms with Crippen molar-refractivity contribution in [3.8, 4) is 28.2 Å². The molecule has 0 saturated carbocycles. The van der Waals surface area contributed by atoms with Crippen LogP contribution in [0.3, 0.4) is 0 Å². The number of benzene rings is 3. The fourth-order valence-electron chi connectivity index (χ4n) is 3.75. The molecule has 0 unspecified atom stereocenters. The smallest absolute Gasteiger partial charge is 0.168 e. The standard InChI is InChI=1S/C27H29N3/c1-4-5-9-21-12-14-22(15-13-21)23-16-18-25(19-17-23)30-26(20(2)3)28-29-27(30)24-10-7-6-8-11-24/h6-8,10-20H,4-5,9H2,1-3H3. The van der Waals surface area contributed by atoms with Crippen molar-refractivity contribution in [3.05, 3.63) is 90.3 Å². The van der Waals surface area contributed by atoms with Gasteiger partial charge in [0.2, 0.25) is 0 Å². The second-order valence-corrected chi connectivity index (χ2v) is 8.09. The third-order valence-corrected chi connectivity index (χ3v) is 5.47. The number of aromatic nitrogens is 3. The fraction of sp³-hybridized carbons (Fsp3) is 0.259. The van der Waals surface area contributed by atoms with E-state index in [0.717, 1.165) is 29.3 Å². The van der Waals surface area contributed by atoms with Crippen LogP contribution >= 0.6 is 0 Å². The Labute approximate surface area is 179 Å². The van der Waals surface area contributed by atoms with Crippen molar-refractivity contribution in [1.82, 2.24) is 14.8 Å². The zero-order chi connectivity index (χ0) is 20.9. The predicted octanol–water partition coefficient (Wildman–Crippen LogP) is 7.07. The first-order chi connectivity index (χ1) is 14.7. The van der Waals surface area contributed by atoms with Crippen LogP contribution in [0.25, 0.3) is 28.2 Å². The van der Waals surface area contributed by atoms with Crippen LogP contribution in [0.15, 0.2) is 78.9 Å². The van der Waals surface area contributed by atoms with Crippen LogP contribution in [0, 0.1) is 0 Å². The summed E-state index contributed by atoms with van der Waals surface area (Å²) in [4.78, 5) is 0. The summed E-state index contributed by atoms with van der Waals surface area (Å²) >= 11 is 0. The summed E-state index contributed by atoms with van der Waals surface area (Å²) in [6.45, 7) is 6.55. The molecular formula is C27H29N3. The molecule has 0 aliphatic carbocycles. The lowest BCUT2D eigenvalue weighted by Gasteiger charge is -2.13. The highest BCUT2D eigenvalue weighted by molar-refractivity contribution is 5.66. The van der Waals surface area contributed by atoms with Gasteiger partial charge < -0.3 is 0 Å². The summed E-state index contributed by atoms with van der Waals surface area (Å²) in [5, 5.41) is 9.01. The molecule has 1 aromatic heterocycles. The molecule has 0 saturated heterocycles. The maximum Gasteiger partial charge on any atom is 0.168 e. The number of unbranched alkanes of at least 4 members (excludes halogenated alkanes) is 1. The minimum Gasteiger partial charge on any atom is -0.279 e. The summed E-state index contributed by atoms with van der Waals surface area (Å²) in [6.07, 6.45) is 3.63. The van der Waals surface area contributed by atoms with Crippen molar-refractivity contribution in [1.29, 1.82) is 0 Å². The van der Waals surface area contributed by atoms with Gasteiger partial charge in [-0.1, -0.05) is 93.9 Å². The summed E-state index contributed by atoms with van der Waals surface area (Å²) in [5.74, 6) is 2.14. The zero-order valence-corrected chi connectivity index (χ0v) is 18.0. The van der Waals surface area contributed by atoms with E-state index in [9.17, 15) is 0 Å². The second-order valence-electron chi connectivity index (χ2n) is 8.09. The molecule has 0 amide bonds. The van der Waals surface area contributed by atoms with E-state index in [1.54, 1.807) is 0 Å². The predicted molar refractivity (Wildman–Crippen MR) is 125 cm³/mol. The molecule has 0 aliphatic heterocycles. The lowest BCUT2D eigenvalue weighted by atomic mass is 10.0. The second kappa shape index (κ2) is 9.08. The van der Waals surface area contributed by atoms with Gasteiger partial charge in [-0.25, -0.2) is 0 Å². The Bertz CT molecular complexity index is 1080. The third kappa shape index (κ3) is 4.20. The van der Waals surface area contributed by atoms with E-state index in [2.05, 4.69) is 96.2 Å². The Balaban J connectivity index is 1.67. The molecule has 0 atom stereocenters. The van der Waals surface area contributed by atoms with Gasteiger partial charge in [-0.05, 0) is 41.7 Å². The van der Waals surface area contributed by atoms with Gasteiger partial charge in [0, 0.05) is 17.2 Å². The van der Waals surface area contributed by atoms with Gasteiger partial charge in [0.05, 0.1) is 0 Å². The minimum atomic E-state index is 0.283. The Morgan fingerprint density at radius 2 is 1.37 bits per heavy atom. The quantitative estimate of drug-likeness (QED) is 0.335. The topological polar surface area (TPSA) is 30.7 Å². The minimum absolute atomic E-state index is 0.283. The van der Waals surface area contributed by atoms with E-state index in [-0.39, 0.29) is 5.92 Å². The Morgan fingerprint density at radius 1 is 0.733 bits per heavy atom.